The molecule has 1 spiro atoms. The van der Waals surface area contributed by atoms with Crippen molar-refractivity contribution in [2.45, 2.75) is 123 Å². The Bertz CT molecular complexity index is 1540. The molecule has 250 valence electrons. The van der Waals surface area contributed by atoms with Crippen LogP contribution in [-0.4, -0.2) is 17.9 Å². The van der Waals surface area contributed by atoms with Crippen molar-refractivity contribution >= 4 is 17.9 Å². The van der Waals surface area contributed by atoms with Crippen LogP contribution in [0.2, 0.25) is 0 Å². The van der Waals surface area contributed by atoms with Gasteiger partial charge in [0.25, 0.3) is 0 Å². The van der Waals surface area contributed by atoms with Gasteiger partial charge in [-0.25, -0.2) is 4.79 Å². The van der Waals surface area contributed by atoms with Crippen molar-refractivity contribution in [2.24, 2.45) is 0 Å². The van der Waals surface area contributed by atoms with Gasteiger partial charge in [0.2, 0.25) is 0 Å². The van der Waals surface area contributed by atoms with Crippen LogP contribution in [0.4, 0.5) is 0 Å². The summed E-state index contributed by atoms with van der Waals surface area (Å²) in [7, 11) is 0. The maximum absolute atomic E-state index is 13.6. The third kappa shape index (κ3) is 7.55. The lowest BCUT2D eigenvalue weighted by Gasteiger charge is -2.36. The number of carbonyl (C=O) groups is 3. The van der Waals surface area contributed by atoms with Crippen LogP contribution in [0.15, 0.2) is 54.6 Å². The van der Waals surface area contributed by atoms with Gasteiger partial charge in [-0.1, -0.05) is 98.1 Å². The molecule has 3 aromatic carbocycles. The zero-order valence-electron chi connectivity index (χ0n) is 28.5. The molecule has 0 N–H and O–H groups in total. The highest BCUT2D eigenvalue weighted by molar-refractivity contribution is 5.97. The highest BCUT2D eigenvalue weighted by Gasteiger charge is 2.54. The van der Waals surface area contributed by atoms with Gasteiger partial charge in [-0.15, -0.1) is 0 Å². The number of esters is 3. The van der Waals surface area contributed by atoms with Crippen molar-refractivity contribution in [3.63, 3.8) is 0 Å². The summed E-state index contributed by atoms with van der Waals surface area (Å²) in [6, 6.07) is 16.3. The van der Waals surface area contributed by atoms with E-state index in [1.165, 1.54) is 0 Å². The Morgan fingerprint density at radius 2 is 1.15 bits per heavy atom. The Hall–Kier alpha value is -4.13. The second-order valence-electron chi connectivity index (χ2n) is 13.8. The predicted molar refractivity (Wildman–Crippen MR) is 181 cm³/mol. The van der Waals surface area contributed by atoms with Gasteiger partial charge in [0, 0.05) is 41.7 Å². The third-order valence-corrected chi connectivity index (χ3v) is 9.05. The SMILES string of the molecule is CCCCCCCC(=O)Oc1ccc2c(c1)Oc1cc(OC(=O)CCCCCCC)ccc1C21OC(=O)c2cc(C(C)(C)C)ccc21. The van der Waals surface area contributed by atoms with Crippen molar-refractivity contribution in [3.05, 3.63) is 82.4 Å². The first-order chi connectivity index (χ1) is 22.6. The lowest BCUT2D eigenvalue weighted by molar-refractivity contribution is -0.135. The molecule has 0 radical (unpaired) electrons. The Kier molecular flexibility index (Phi) is 10.7. The summed E-state index contributed by atoms with van der Waals surface area (Å²) in [6.45, 7) is 10.6. The van der Waals surface area contributed by atoms with E-state index in [0.29, 0.717) is 58.1 Å². The summed E-state index contributed by atoms with van der Waals surface area (Å²) in [6.07, 6.45) is 11.0. The zero-order valence-corrected chi connectivity index (χ0v) is 28.5. The molecule has 5 rings (SSSR count). The predicted octanol–water partition coefficient (Wildman–Crippen LogP) is 10.1. The highest BCUT2D eigenvalue weighted by Crippen LogP contribution is 2.57. The molecule has 7 heteroatoms. The molecule has 7 nitrogen and oxygen atoms in total. The van der Waals surface area contributed by atoms with Crippen LogP contribution < -0.4 is 14.2 Å². The first-order valence-electron chi connectivity index (χ1n) is 17.3. The molecular formula is C40H48O7. The van der Waals surface area contributed by atoms with Crippen molar-refractivity contribution in [1.29, 1.82) is 0 Å². The molecule has 0 atom stereocenters. The molecular weight excluding hydrogens is 592 g/mol. The van der Waals surface area contributed by atoms with Crippen molar-refractivity contribution in [3.8, 4) is 23.0 Å². The maximum Gasteiger partial charge on any atom is 0.340 e. The maximum atomic E-state index is 13.6. The van der Waals surface area contributed by atoms with Gasteiger partial charge in [0.05, 0.1) is 5.56 Å². The fourth-order valence-corrected chi connectivity index (χ4v) is 6.39. The van der Waals surface area contributed by atoms with Crippen molar-refractivity contribution in [1.82, 2.24) is 0 Å². The third-order valence-electron chi connectivity index (χ3n) is 9.05. The van der Waals surface area contributed by atoms with E-state index in [2.05, 4.69) is 34.6 Å². The van der Waals surface area contributed by atoms with Gasteiger partial charge < -0.3 is 18.9 Å². The number of ether oxygens (including phenoxy) is 4. The van der Waals surface area contributed by atoms with Gasteiger partial charge in [0.15, 0.2) is 5.60 Å². The molecule has 0 saturated heterocycles. The molecule has 2 aliphatic rings. The zero-order chi connectivity index (χ0) is 33.6. The van der Waals surface area contributed by atoms with E-state index in [0.717, 1.165) is 69.8 Å². The quantitative estimate of drug-likeness (QED) is 0.0984. The van der Waals surface area contributed by atoms with Crippen LogP contribution in [-0.2, 0) is 25.3 Å². The topological polar surface area (TPSA) is 88.1 Å². The number of hydrogen-bond acceptors (Lipinski definition) is 7. The van der Waals surface area contributed by atoms with Gasteiger partial charge in [-0.2, -0.15) is 0 Å². The first-order valence-corrected chi connectivity index (χ1v) is 17.3. The minimum atomic E-state index is -1.30. The van der Waals surface area contributed by atoms with Gasteiger partial charge in [-0.3, -0.25) is 9.59 Å². The van der Waals surface area contributed by atoms with Gasteiger partial charge in [-0.05, 0) is 54.2 Å². The number of carbonyl (C=O) groups excluding carboxylic acids is 3. The van der Waals surface area contributed by atoms with Crippen LogP contribution in [0.1, 0.15) is 144 Å². The molecule has 0 aromatic heterocycles. The lowest BCUT2D eigenvalue weighted by atomic mass is 9.76. The van der Waals surface area contributed by atoms with Crippen LogP contribution in [0.5, 0.6) is 23.0 Å². The number of hydrogen-bond donors (Lipinski definition) is 0. The standard InChI is InChI=1S/C40H48O7/c1-6-8-10-12-14-16-36(41)44-28-19-22-32-34(25-28)46-35-26-29(45-37(42)17-15-13-11-9-7-2)20-23-33(35)40(32)31-21-18-27(39(3,4)5)24-30(31)38(43)47-40/h18-26H,6-17H2,1-5H3. The van der Waals surface area contributed by atoms with Crippen molar-refractivity contribution < 1.29 is 33.3 Å². The van der Waals surface area contributed by atoms with Crippen LogP contribution in [0.3, 0.4) is 0 Å². The lowest BCUT2D eigenvalue weighted by Crippen LogP contribution is -2.33. The second-order valence-corrected chi connectivity index (χ2v) is 13.8. The largest absolute Gasteiger partial charge is 0.456 e. The van der Waals surface area contributed by atoms with E-state index in [-0.39, 0.29) is 17.4 Å². The molecule has 0 amide bonds. The minimum absolute atomic E-state index is 0.167. The normalized spacial score (nSPS) is 14.1. The molecule has 3 aromatic rings. The number of unbranched alkanes of at least 4 members (excludes halogenated alkanes) is 8. The Balaban J connectivity index is 1.47. The molecule has 0 bridgehead atoms. The number of fused-ring (bicyclic) bond motifs is 6. The average Bonchev–Trinajstić information content (AvgIpc) is 3.32. The molecule has 0 aliphatic carbocycles. The summed E-state index contributed by atoms with van der Waals surface area (Å²) in [4.78, 5) is 38.9. The van der Waals surface area contributed by atoms with Gasteiger partial charge in [0.1, 0.15) is 23.0 Å². The summed E-state index contributed by atoms with van der Waals surface area (Å²) < 4.78 is 24.2. The highest BCUT2D eigenvalue weighted by atomic mass is 16.6. The number of rotatable bonds is 14. The number of benzene rings is 3. The molecule has 0 saturated carbocycles. The Morgan fingerprint density at radius 3 is 1.64 bits per heavy atom. The molecule has 47 heavy (non-hydrogen) atoms. The van der Waals surface area contributed by atoms with Crippen LogP contribution in [0, 0.1) is 0 Å². The smallest absolute Gasteiger partial charge is 0.340 e. The van der Waals surface area contributed by atoms with E-state index in [1.807, 2.05) is 18.2 Å². The molecule has 2 heterocycles. The summed E-state index contributed by atoms with van der Waals surface area (Å²) in [5.41, 5.74) is 2.00. The first kappa shape index (κ1) is 34.2. The van der Waals surface area contributed by atoms with E-state index < -0.39 is 11.6 Å². The fourth-order valence-electron chi connectivity index (χ4n) is 6.39. The summed E-state index contributed by atoms with van der Waals surface area (Å²) in [5, 5.41) is 0. The molecule has 0 unspecified atom stereocenters. The Labute approximate surface area is 279 Å². The minimum Gasteiger partial charge on any atom is -0.456 e. The van der Waals surface area contributed by atoms with Crippen molar-refractivity contribution in [2.75, 3.05) is 0 Å². The molecule has 2 aliphatic heterocycles. The van der Waals surface area contributed by atoms with Gasteiger partial charge >= 0.3 is 17.9 Å². The Morgan fingerprint density at radius 1 is 0.660 bits per heavy atom. The van der Waals surface area contributed by atoms with E-state index in [1.54, 1.807) is 36.4 Å². The van der Waals surface area contributed by atoms with E-state index >= 15 is 0 Å². The van der Waals surface area contributed by atoms with E-state index in [4.69, 9.17) is 18.9 Å². The summed E-state index contributed by atoms with van der Waals surface area (Å²) in [5.74, 6) is 0.448. The van der Waals surface area contributed by atoms with E-state index in [9.17, 15) is 14.4 Å². The monoisotopic (exact) mass is 640 g/mol. The molecule has 0 fully saturated rings. The van der Waals surface area contributed by atoms with Crippen LogP contribution in [0.25, 0.3) is 0 Å². The van der Waals surface area contributed by atoms with Crippen LogP contribution >= 0.6 is 0 Å². The second kappa shape index (κ2) is 14.7. The average molecular weight is 641 g/mol. The fraction of sp³-hybridized carbons (Fsp3) is 0.475. The summed E-state index contributed by atoms with van der Waals surface area (Å²) >= 11 is 0.